The molecule has 2 fully saturated rings. The van der Waals surface area contributed by atoms with Gasteiger partial charge in [-0.1, -0.05) is 31.9 Å². The second-order valence-corrected chi connectivity index (χ2v) is 8.62. The van der Waals surface area contributed by atoms with E-state index in [0.29, 0.717) is 0 Å². The van der Waals surface area contributed by atoms with Gasteiger partial charge < -0.3 is 5.73 Å². The summed E-state index contributed by atoms with van der Waals surface area (Å²) in [6, 6.07) is 4.43. The van der Waals surface area contributed by atoms with Crippen molar-refractivity contribution in [3.8, 4) is 0 Å². The summed E-state index contributed by atoms with van der Waals surface area (Å²) >= 11 is 0. The van der Waals surface area contributed by atoms with Gasteiger partial charge in [0, 0.05) is 5.69 Å². The lowest BCUT2D eigenvalue weighted by molar-refractivity contribution is 0.160. The first-order chi connectivity index (χ1) is 11.5. The molecule has 2 saturated carbocycles. The molecule has 0 bridgehead atoms. The van der Waals surface area contributed by atoms with Gasteiger partial charge in [-0.25, -0.2) is 0 Å². The van der Waals surface area contributed by atoms with Crippen molar-refractivity contribution in [3.63, 3.8) is 0 Å². The van der Waals surface area contributed by atoms with E-state index < -0.39 is 0 Å². The Morgan fingerprint density at radius 1 is 0.833 bits per heavy atom. The van der Waals surface area contributed by atoms with E-state index in [-0.39, 0.29) is 0 Å². The molecule has 24 heavy (non-hydrogen) atoms. The minimum atomic E-state index is 0.780. The van der Waals surface area contributed by atoms with Crippen molar-refractivity contribution in [1.29, 1.82) is 0 Å². The van der Waals surface area contributed by atoms with Crippen LogP contribution in [0, 0.1) is 37.5 Å². The third kappa shape index (κ3) is 4.23. The van der Waals surface area contributed by atoms with Crippen molar-refractivity contribution < 1.29 is 0 Å². The molecule has 0 saturated heterocycles. The summed E-state index contributed by atoms with van der Waals surface area (Å²) in [5.41, 5.74) is 10.7. The molecule has 0 radical (unpaired) electrons. The van der Waals surface area contributed by atoms with Crippen LogP contribution in [-0.4, -0.2) is 0 Å². The van der Waals surface area contributed by atoms with Crippen LogP contribution in [0.25, 0.3) is 6.08 Å². The van der Waals surface area contributed by atoms with Gasteiger partial charge in [0.2, 0.25) is 0 Å². The van der Waals surface area contributed by atoms with Gasteiger partial charge in [0.25, 0.3) is 0 Å². The smallest absolute Gasteiger partial charge is 0.0373 e. The van der Waals surface area contributed by atoms with E-state index in [2.05, 4.69) is 45.1 Å². The number of allylic oxidation sites excluding steroid dienone is 1. The average molecular weight is 326 g/mol. The Morgan fingerprint density at radius 2 is 1.33 bits per heavy atom. The average Bonchev–Trinajstić information content (AvgIpc) is 2.59. The molecule has 0 aromatic heterocycles. The van der Waals surface area contributed by atoms with Gasteiger partial charge in [-0.05, 0) is 105 Å². The fraction of sp³-hybridized carbons (Fsp3) is 0.652. The quantitative estimate of drug-likeness (QED) is 0.628. The van der Waals surface area contributed by atoms with E-state index in [1.54, 1.807) is 0 Å². The maximum atomic E-state index is 6.06. The van der Waals surface area contributed by atoms with Gasteiger partial charge in [0.15, 0.2) is 0 Å². The number of nitrogens with two attached hydrogens (primary N) is 1. The lowest BCUT2D eigenvalue weighted by Crippen LogP contribution is -2.24. The first-order valence-corrected chi connectivity index (χ1v) is 10.1. The van der Waals surface area contributed by atoms with Gasteiger partial charge in [-0.3, -0.25) is 0 Å². The number of hydrogen-bond acceptors (Lipinski definition) is 1. The van der Waals surface area contributed by atoms with Crippen molar-refractivity contribution in [1.82, 2.24) is 0 Å². The van der Waals surface area contributed by atoms with Crippen LogP contribution in [0.15, 0.2) is 18.2 Å². The number of benzene rings is 1. The predicted molar refractivity (Wildman–Crippen MR) is 106 cm³/mol. The molecular formula is C23H35N. The van der Waals surface area contributed by atoms with Gasteiger partial charge in [-0.15, -0.1) is 0 Å². The summed E-state index contributed by atoms with van der Waals surface area (Å²) in [5.74, 6) is 3.81. The topological polar surface area (TPSA) is 26.0 Å². The zero-order chi connectivity index (χ0) is 17.1. The van der Waals surface area contributed by atoms with Crippen molar-refractivity contribution in [2.24, 2.45) is 23.7 Å². The van der Waals surface area contributed by atoms with Crippen LogP contribution < -0.4 is 5.73 Å². The predicted octanol–water partition coefficient (Wildman–Crippen LogP) is 6.53. The van der Waals surface area contributed by atoms with E-state index in [0.717, 1.165) is 29.4 Å². The standard InChI is InChI=1S/C23H35N/c1-16-4-10-21(11-5-16)22-12-8-19(9-13-22)6-7-20-14-17(2)23(24)18(3)15-20/h6-7,14-16,19,21-22H,4-5,8-13,24H2,1-3H3/b7-6+. The maximum Gasteiger partial charge on any atom is 0.0373 e. The Balaban J connectivity index is 1.52. The van der Waals surface area contributed by atoms with Crippen molar-refractivity contribution in [2.45, 2.75) is 72.1 Å². The van der Waals surface area contributed by atoms with E-state index in [1.165, 1.54) is 68.1 Å². The highest BCUT2D eigenvalue weighted by Crippen LogP contribution is 2.41. The molecule has 0 unspecified atom stereocenters. The molecule has 0 aliphatic heterocycles. The molecule has 1 aromatic rings. The summed E-state index contributed by atoms with van der Waals surface area (Å²) in [6.45, 7) is 6.64. The van der Waals surface area contributed by atoms with E-state index in [4.69, 9.17) is 5.73 Å². The molecule has 132 valence electrons. The van der Waals surface area contributed by atoms with Gasteiger partial charge >= 0.3 is 0 Å². The fourth-order valence-corrected chi connectivity index (χ4v) is 4.92. The zero-order valence-corrected chi connectivity index (χ0v) is 15.9. The molecule has 0 heterocycles. The normalized spacial score (nSPS) is 31.5. The Morgan fingerprint density at radius 3 is 1.88 bits per heavy atom. The van der Waals surface area contributed by atoms with Gasteiger partial charge in [0.05, 0.1) is 0 Å². The number of nitrogen functional groups attached to an aromatic ring is 1. The third-order valence-electron chi connectivity index (χ3n) is 6.72. The number of rotatable bonds is 3. The van der Waals surface area contributed by atoms with E-state index >= 15 is 0 Å². The van der Waals surface area contributed by atoms with E-state index in [1.807, 2.05) is 0 Å². The van der Waals surface area contributed by atoms with Crippen LogP contribution in [0.5, 0.6) is 0 Å². The zero-order valence-electron chi connectivity index (χ0n) is 15.9. The summed E-state index contributed by atoms with van der Waals surface area (Å²) in [7, 11) is 0. The van der Waals surface area contributed by atoms with Gasteiger partial charge in [0.1, 0.15) is 0 Å². The Hall–Kier alpha value is -1.24. The Labute approximate surface area is 148 Å². The molecule has 1 nitrogen and oxygen atoms in total. The van der Waals surface area contributed by atoms with Crippen LogP contribution in [0.2, 0.25) is 0 Å². The van der Waals surface area contributed by atoms with Gasteiger partial charge in [-0.2, -0.15) is 0 Å². The molecule has 3 rings (SSSR count). The summed E-state index contributed by atoms with van der Waals surface area (Å²) in [5, 5.41) is 0. The molecule has 2 aliphatic rings. The van der Waals surface area contributed by atoms with Crippen LogP contribution in [0.4, 0.5) is 5.69 Å². The highest BCUT2D eigenvalue weighted by molar-refractivity contribution is 5.61. The summed E-state index contributed by atoms with van der Waals surface area (Å²) in [6.07, 6.45) is 16.4. The molecule has 2 aliphatic carbocycles. The van der Waals surface area contributed by atoms with Crippen LogP contribution >= 0.6 is 0 Å². The minimum Gasteiger partial charge on any atom is -0.398 e. The maximum absolute atomic E-state index is 6.06. The minimum absolute atomic E-state index is 0.780. The van der Waals surface area contributed by atoms with Crippen molar-refractivity contribution >= 4 is 11.8 Å². The van der Waals surface area contributed by atoms with Crippen LogP contribution in [0.3, 0.4) is 0 Å². The molecule has 1 heteroatoms. The Kier molecular flexibility index (Phi) is 5.69. The largest absolute Gasteiger partial charge is 0.398 e. The Bertz CT molecular complexity index is 547. The highest BCUT2D eigenvalue weighted by atomic mass is 14.6. The number of aryl methyl sites for hydroxylation is 2. The SMILES string of the molecule is Cc1cc(/C=C/C2CCC(C3CCC(C)CC3)CC2)cc(C)c1N. The van der Waals surface area contributed by atoms with E-state index in [9.17, 15) is 0 Å². The van der Waals surface area contributed by atoms with Crippen LogP contribution in [-0.2, 0) is 0 Å². The molecule has 0 atom stereocenters. The number of anilines is 1. The van der Waals surface area contributed by atoms with Crippen molar-refractivity contribution in [2.75, 3.05) is 5.73 Å². The van der Waals surface area contributed by atoms with Crippen LogP contribution in [0.1, 0.15) is 75.0 Å². The highest BCUT2D eigenvalue weighted by Gasteiger charge is 2.29. The first-order valence-electron chi connectivity index (χ1n) is 10.1. The third-order valence-corrected chi connectivity index (χ3v) is 6.72. The lowest BCUT2D eigenvalue weighted by Gasteiger charge is -2.36. The summed E-state index contributed by atoms with van der Waals surface area (Å²) < 4.78 is 0. The molecule has 2 N–H and O–H groups in total. The molecular weight excluding hydrogens is 290 g/mol. The second-order valence-electron chi connectivity index (χ2n) is 8.62. The summed E-state index contributed by atoms with van der Waals surface area (Å²) in [4.78, 5) is 0. The molecule has 1 aromatic carbocycles. The molecule has 0 amide bonds. The monoisotopic (exact) mass is 325 g/mol. The fourth-order valence-electron chi connectivity index (χ4n) is 4.92. The van der Waals surface area contributed by atoms with Crippen molar-refractivity contribution in [3.05, 3.63) is 34.9 Å². The molecule has 0 spiro atoms. The second kappa shape index (κ2) is 7.76. The number of hydrogen-bond donors (Lipinski definition) is 1. The first kappa shape index (κ1) is 17.6. The lowest BCUT2D eigenvalue weighted by atomic mass is 9.69.